The number of guanidine groups is 1. The summed E-state index contributed by atoms with van der Waals surface area (Å²) in [6.07, 6.45) is 0. The van der Waals surface area contributed by atoms with Crippen molar-refractivity contribution in [1.82, 2.24) is 20.3 Å². The second kappa shape index (κ2) is 13.3. The van der Waals surface area contributed by atoms with Crippen molar-refractivity contribution in [2.24, 2.45) is 4.99 Å². The van der Waals surface area contributed by atoms with Crippen molar-refractivity contribution >= 4 is 40.0 Å². The fourth-order valence-electron chi connectivity index (χ4n) is 2.87. The molecule has 0 atom stereocenters. The highest BCUT2D eigenvalue weighted by atomic mass is 127. The van der Waals surface area contributed by atoms with E-state index in [1.165, 1.54) is 7.05 Å². The summed E-state index contributed by atoms with van der Waals surface area (Å²) in [5.74, 6) is 0.743. The molecule has 1 aromatic carbocycles. The Kier molecular flexibility index (Phi) is 12.9. The highest BCUT2D eigenvalue weighted by molar-refractivity contribution is 14.0. The molecule has 9 heteroatoms. The van der Waals surface area contributed by atoms with Crippen molar-refractivity contribution in [2.75, 3.05) is 27.2 Å². The minimum Gasteiger partial charge on any atom is -0.355 e. The zero-order chi connectivity index (χ0) is 20.4. The molecule has 0 aliphatic rings. The maximum Gasteiger partial charge on any atom is 0.215 e. The third kappa shape index (κ3) is 10.0. The minimum atomic E-state index is -3.24. The van der Waals surface area contributed by atoms with Crippen LogP contribution < -0.4 is 15.4 Å². The van der Waals surface area contributed by atoms with Crippen LogP contribution in [0.4, 0.5) is 0 Å². The van der Waals surface area contributed by atoms with Gasteiger partial charge in [0.2, 0.25) is 10.0 Å². The fourth-order valence-corrected chi connectivity index (χ4v) is 3.64. The standard InChI is InChI=1S/C19H35N5O2S.HI/c1-15(2)24(16(3)4)12-11-22-19(20-5)23-13-17-7-9-18(10-8-17)14-27(25,26)21-6;/h7-10,15-16,21H,11-14H2,1-6H3,(H2,20,22,23);1H. The van der Waals surface area contributed by atoms with Gasteiger partial charge in [0.15, 0.2) is 5.96 Å². The van der Waals surface area contributed by atoms with Crippen molar-refractivity contribution in [3.05, 3.63) is 35.4 Å². The molecular weight excluding hydrogens is 489 g/mol. The Morgan fingerprint density at radius 3 is 2.04 bits per heavy atom. The first-order valence-electron chi connectivity index (χ1n) is 9.37. The average Bonchev–Trinajstić information content (AvgIpc) is 2.61. The lowest BCUT2D eigenvalue weighted by Gasteiger charge is -2.30. The van der Waals surface area contributed by atoms with Gasteiger partial charge in [0, 0.05) is 38.8 Å². The van der Waals surface area contributed by atoms with E-state index >= 15 is 0 Å². The molecule has 0 unspecified atom stereocenters. The predicted molar refractivity (Wildman–Crippen MR) is 129 cm³/mol. The van der Waals surface area contributed by atoms with E-state index in [9.17, 15) is 8.42 Å². The molecule has 0 aromatic heterocycles. The van der Waals surface area contributed by atoms with Crippen molar-refractivity contribution in [2.45, 2.75) is 52.1 Å². The molecule has 0 aliphatic heterocycles. The van der Waals surface area contributed by atoms with E-state index in [1.807, 2.05) is 24.3 Å². The van der Waals surface area contributed by atoms with Crippen molar-refractivity contribution < 1.29 is 8.42 Å². The van der Waals surface area contributed by atoms with Gasteiger partial charge in [0.05, 0.1) is 5.75 Å². The summed E-state index contributed by atoms with van der Waals surface area (Å²) in [5, 5.41) is 6.63. The molecule has 0 radical (unpaired) electrons. The summed E-state index contributed by atoms with van der Waals surface area (Å²) in [5.41, 5.74) is 1.83. The SMILES string of the molecule is CN=C(NCCN(C(C)C)C(C)C)NCc1ccc(CS(=O)(=O)NC)cc1.I. The zero-order valence-electron chi connectivity index (χ0n) is 17.8. The van der Waals surface area contributed by atoms with Crippen LogP contribution in [0.5, 0.6) is 0 Å². The van der Waals surface area contributed by atoms with E-state index in [2.05, 4.69) is 52.9 Å². The lowest BCUT2D eigenvalue weighted by atomic mass is 10.1. The largest absolute Gasteiger partial charge is 0.355 e. The quantitative estimate of drug-likeness (QED) is 0.248. The second-order valence-electron chi connectivity index (χ2n) is 7.06. The van der Waals surface area contributed by atoms with Gasteiger partial charge in [0.1, 0.15) is 0 Å². The molecule has 0 aliphatic carbocycles. The molecule has 0 bridgehead atoms. The van der Waals surface area contributed by atoms with Crippen LogP contribution in [0.15, 0.2) is 29.3 Å². The lowest BCUT2D eigenvalue weighted by molar-refractivity contribution is 0.178. The first kappa shape index (κ1) is 27.1. The van der Waals surface area contributed by atoms with Crippen LogP contribution in [0.3, 0.4) is 0 Å². The highest BCUT2D eigenvalue weighted by Crippen LogP contribution is 2.08. The summed E-state index contributed by atoms with van der Waals surface area (Å²) in [6.45, 7) is 11.2. The molecule has 0 fully saturated rings. The molecular formula is C19H36IN5O2S. The van der Waals surface area contributed by atoms with E-state index in [0.717, 1.165) is 30.2 Å². The monoisotopic (exact) mass is 525 g/mol. The van der Waals surface area contributed by atoms with Crippen molar-refractivity contribution in [1.29, 1.82) is 0 Å². The normalized spacial score (nSPS) is 12.4. The molecule has 162 valence electrons. The lowest BCUT2D eigenvalue weighted by Crippen LogP contribution is -2.45. The smallest absolute Gasteiger partial charge is 0.215 e. The Bertz CT molecular complexity index is 683. The third-order valence-electron chi connectivity index (χ3n) is 4.36. The number of halogens is 1. The molecule has 0 saturated carbocycles. The summed E-state index contributed by atoms with van der Waals surface area (Å²) < 4.78 is 25.5. The fraction of sp³-hybridized carbons (Fsp3) is 0.632. The number of hydrogen-bond donors (Lipinski definition) is 3. The van der Waals surface area contributed by atoms with Crippen LogP contribution in [0.1, 0.15) is 38.8 Å². The molecule has 1 rings (SSSR count). The van der Waals surface area contributed by atoms with Crippen LogP contribution in [0.2, 0.25) is 0 Å². The van der Waals surface area contributed by atoms with Gasteiger partial charge in [-0.05, 0) is 45.9 Å². The predicted octanol–water partition coefficient (Wildman–Crippen LogP) is 2.14. The number of aliphatic imine (C=N–C) groups is 1. The van der Waals surface area contributed by atoms with E-state index in [1.54, 1.807) is 7.05 Å². The van der Waals surface area contributed by atoms with E-state index in [0.29, 0.717) is 18.6 Å². The van der Waals surface area contributed by atoms with Crippen molar-refractivity contribution in [3.63, 3.8) is 0 Å². The number of hydrogen-bond acceptors (Lipinski definition) is 4. The number of sulfonamides is 1. The van der Waals surface area contributed by atoms with Crippen LogP contribution in [0.25, 0.3) is 0 Å². The van der Waals surface area contributed by atoms with Gasteiger partial charge in [-0.15, -0.1) is 24.0 Å². The van der Waals surface area contributed by atoms with Gasteiger partial charge in [-0.25, -0.2) is 13.1 Å². The summed E-state index contributed by atoms with van der Waals surface area (Å²) in [7, 11) is -0.0655. The number of benzene rings is 1. The Morgan fingerprint density at radius 2 is 1.57 bits per heavy atom. The van der Waals surface area contributed by atoms with E-state index < -0.39 is 10.0 Å². The maximum atomic E-state index is 11.6. The molecule has 0 saturated heterocycles. The van der Waals surface area contributed by atoms with Gasteiger partial charge in [-0.1, -0.05) is 24.3 Å². The number of nitrogens with one attached hydrogen (secondary N) is 3. The first-order valence-corrected chi connectivity index (χ1v) is 11.0. The van der Waals surface area contributed by atoms with Gasteiger partial charge < -0.3 is 10.6 Å². The van der Waals surface area contributed by atoms with Crippen LogP contribution in [-0.2, 0) is 22.3 Å². The topological polar surface area (TPSA) is 85.8 Å². The van der Waals surface area contributed by atoms with E-state index in [-0.39, 0.29) is 29.7 Å². The Labute approximate surface area is 187 Å². The third-order valence-corrected chi connectivity index (χ3v) is 5.70. The molecule has 0 amide bonds. The summed E-state index contributed by atoms with van der Waals surface area (Å²) >= 11 is 0. The summed E-state index contributed by atoms with van der Waals surface area (Å²) in [6, 6.07) is 8.55. The maximum absolute atomic E-state index is 11.6. The highest BCUT2D eigenvalue weighted by Gasteiger charge is 2.12. The zero-order valence-corrected chi connectivity index (χ0v) is 21.0. The molecule has 1 aromatic rings. The van der Waals surface area contributed by atoms with Crippen molar-refractivity contribution in [3.8, 4) is 0 Å². The molecule has 0 heterocycles. The van der Waals surface area contributed by atoms with E-state index in [4.69, 9.17) is 0 Å². The minimum absolute atomic E-state index is 0. The van der Waals surface area contributed by atoms with Crippen LogP contribution in [-0.4, -0.2) is 58.5 Å². The molecule has 3 N–H and O–H groups in total. The Hall–Kier alpha value is -0.910. The number of nitrogens with zero attached hydrogens (tertiary/aromatic N) is 2. The average molecular weight is 526 g/mol. The number of rotatable bonds is 10. The molecule has 7 nitrogen and oxygen atoms in total. The second-order valence-corrected chi connectivity index (χ2v) is 8.98. The van der Waals surface area contributed by atoms with Gasteiger partial charge in [-0.2, -0.15) is 0 Å². The Morgan fingerprint density at radius 1 is 1.04 bits per heavy atom. The summed E-state index contributed by atoms with van der Waals surface area (Å²) in [4.78, 5) is 6.68. The van der Waals surface area contributed by atoms with Gasteiger partial charge >= 0.3 is 0 Å². The van der Waals surface area contributed by atoms with Crippen LogP contribution >= 0.6 is 24.0 Å². The van der Waals surface area contributed by atoms with Crippen LogP contribution in [0, 0.1) is 0 Å². The molecule has 28 heavy (non-hydrogen) atoms. The molecule has 0 spiro atoms. The van der Waals surface area contributed by atoms with Gasteiger partial charge in [0.25, 0.3) is 0 Å². The first-order chi connectivity index (χ1) is 12.7. The Balaban J connectivity index is 0.00000729. The van der Waals surface area contributed by atoms with Gasteiger partial charge in [-0.3, -0.25) is 9.89 Å².